The van der Waals surface area contributed by atoms with Crippen molar-refractivity contribution in [1.82, 2.24) is 10.2 Å². The normalized spacial score (nSPS) is 21.2. The standard InChI is InChI=1S/C10H21FN2/c1-9(2)12-5-8-13-6-3-10(11)4-7-13/h9-10,12H,3-8H2,1-2H3. The number of nitrogens with one attached hydrogen (secondary N) is 1. The van der Waals surface area contributed by atoms with Gasteiger partial charge < -0.3 is 10.2 Å². The molecule has 3 heteroatoms. The molecule has 0 saturated carbocycles. The molecule has 1 saturated heterocycles. The van der Waals surface area contributed by atoms with Gasteiger partial charge in [-0.3, -0.25) is 0 Å². The van der Waals surface area contributed by atoms with Gasteiger partial charge in [0.2, 0.25) is 0 Å². The minimum Gasteiger partial charge on any atom is -0.313 e. The third-order valence-corrected chi connectivity index (χ3v) is 2.50. The molecular formula is C10H21FN2. The molecular weight excluding hydrogens is 167 g/mol. The maximum absolute atomic E-state index is 12.8. The molecule has 0 spiro atoms. The molecule has 0 aromatic heterocycles. The van der Waals surface area contributed by atoms with Gasteiger partial charge in [0.25, 0.3) is 0 Å². The highest BCUT2D eigenvalue weighted by atomic mass is 19.1. The van der Waals surface area contributed by atoms with E-state index >= 15 is 0 Å². The lowest BCUT2D eigenvalue weighted by molar-refractivity contribution is 0.151. The van der Waals surface area contributed by atoms with Gasteiger partial charge in [-0.2, -0.15) is 0 Å². The van der Waals surface area contributed by atoms with Crippen LogP contribution in [0.4, 0.5) is 4.39 Å². The molecule has 1 fully saturated rings. The maximum atomic E-state index is 12.8. The summed E-state index contributed by atoms with van der Waals surface area (Å²) >= 11 is 0. The molecule has 0 bridgehead atoms. The van der Waals surface area contributed by atoms with E-state index in [2.05, 4.69) is 24.1 Å². The predicted octanol–water partition coefficient (Wildman–Crippen LogP) is 1.42. The molecule has 0 aromatic carbocycles. The largest absolute Gasteiger partial charge is 0.313 e. The Morgan fingerprint density at radius 2 is 2.00 bits per heavy atom. The number of hydrogen-bond donors (Lipinski definition) is 1. The summed E-state index contributed by atoms with van der Waals surface area (Å²) in [6.07, 6.45) is 0.901. The molecule has 2 nitrogen and oxygen atoms in total. The molecule has 78 valence electrons. The Morgan fingerprint density at radius 1 is 1.38 bits per heavy atom. The van der Waals surface area contributed by atoms with Crippen LogP contribution in [0.5, 0.6) is 0 Å². The quantitative estimate of drug-likeness (QED) is 0.718. The summed E-state index contributed by atoms with van der Waals surface area (Å²) in [4.78, 5) is 2.34. The second kappa shape index (κ2) is 5.55. The fraction of sp³-hybridized carbons (Fsp3) is 1.00. The monoisotopic (exact) mass is 188 g/mol. The molecule has 0 unspecified atom stereocenters. The van der Waals surface area contributed by atoms with Gasteiger partial charge in [0.1, 0.15) is 6.17 Å². The summed E-state index contributed by atoms with van der Waals surface area (Å²) in [5, 5.41) is 3.37. The number of piperidine rings is 1. The summed E-state index contributed by atoms with van der Waals surface area (Å²) in [6.45, 7) is 8.24. The van der Waals surface area contributed by atoms with Crippen LogP contribution in [0.25, 0.3) is 0 Å². The zero-order valence-electron chi connectivity index (χ0n) is 8.72. The van der Waals surface area contributed by atoms with Crippen molar-refractivity contribution in [3.8, 4) is 0 Å². The SMILES string of the molecule is CC(C)NCCN1CCC(F)CC1. The van der Waals surface area contributed by atoms with Crippen molar-refractivity contribution in [2.75, 3.05) is 26.2 Å². The molecule has 13 heavy (non-hydrogen) atoms. The van der Waals surface area contributed by atoms with Gasteiger partial charge in [0, 0.05) is 32.2 Å². The van der Waals surface area contributed by atoms with Crippen LogP contribution < -0.4 is 5.32 Å². The summed E-state index contributed by atoms with van der Waals surface area (Å²) in [5.74, 6) is 0. The van der Waals surface area contributed by atoms with Gasteiger partial charge in [-0.1, -0.05) is 13.8 Å². The molecule has 0 amide bonds. The van der Waals surface area contributed by atoms with Gasteiger partial charge in [0.15, 0.2) is 0 Å². The highest BCUT2D eigenvalue weighted by Gasteiger charge is 2.17. The van der Waals surface area contributed by atoms with E-state index in [0.29, 0.717) is 6.04 Å². The topological polar surface area (TPSA) is 15.3 Å². The van der Waals surface area contributed by atoms with Crippen LogP contribution in [0.2, 0.25) is 0 Å². The Kier molecular flexibility index (Phi) is 4.67. The highest BCUT2D eigenvalue weighted by molar-refractivity contribution is 4.72. The van der Waals surface area contributed by atoms with Gasteiger partial charge in [0.05, 0.1) is 0 Å². The number of alkyl halides is 1. The van der Waals surface area contributed by atoms with Crippen molar-refractivity contribution in [1.29, 1.82) is 0 Å². The molecule has 1 aliphatic rings. The molecule has 0 aliphatic carbocycles. The number of halogens is 1. The Bertz CT molecular complexity index is 131. The molecule has 1 heterocycles. The first-order chi connectivity index (χ1) is 6.18. The van der Waals surface area contributed by atoms with Crippen LogP contribution in [0.15, 0.2) is 0 Å². The lowest BCUT2D eigenvalue weighted by Gasteiger charge is -2.28. The maximum Gasteiger partial charge on any atom is 0.103 e. The zero-order valence-corrected chi connectivity index (χ0v) is 8.72. The van der Waals surface area contributed by atoms with Crippen molar-refractivity contribution in [3.05, 3.63) is 0 Å². The van der Waals surface area contributed by atoms with E-state index in [1.165, 1.54) is 0 Å². The van der Waals surface area contributed by atoms with Crippen LogP contribution in [0, 0.1) is 0 Å². The van der Waals surface area contributed by atoms with E-state index in [9.17, 15) is 4.39 Å². The average Bonchev–Trinajstić information content (AvgIpc) is 2.08. The first kappa shape index (κ1) is 10.9. The summed E-state index contributed by atoms with van der Waals surface area (Å²) < 4.78 is 12.8. The van der Waals surface area contributed by atoms with E-state index in [-0.39, 0.29) is 0 Å². The van der Waals surface area contributed by atoms with Crippen LogP contribution in [0.3, 0.4) is 0 Å². The second-order valence-corrected chi connectivity index (χ2v) is 4.13. The molecule has 0 radical (unpaired) electrons. The summed E-state index contributed by atoms with van der Waals surface area (Å²) in [5.41, 5.74) is 0. The van der Waals surface area contributed by atoms with Crippen molar-refractivity contribution >= 4 is 0 Å². The van der Waals surface area contributed by atoms with Gasteiger partial charge in [-0.05, 0) is 12.8 Å². The Balaban J connectivity index is 2.02. The van der Waals surface area contributed by atoms with E-state index in [1.807, 2.05) is 0 Å². The van der Waals surface area contributed by atoms with Crippen molar-refractivity contribution in [2.24, 2.45) is 0 Å². The lowest BCUT2D eigenvalue weighted by atomic mass is 10.1. The molecule has 1 N–H and O–H groups in total. The predicted molar refractivity (Wildman–Crippen MR) is 53.7 cm³/mol. The minimum atomic E-state index is -0.547. The van der Waals surface area contributed by atoms with Crippen LogP contribution in [-0.4, -0.2) is 43.3 Å². The first-order valence-electron chi connectivity index (χ1n) is 5.28. The van der Waals surface area contributed by atoms with E-state index in [1.54, 1.807) is 0 Å². The minimum absolute atomic E-state index is 0.547. The van der Waals surface area contributed by atoms with Gasteiger partial charge in [-0.25, -0.2) is 4.39 Å². The Labute approximate surface area is 80.5 Å². The van der Waals surface area contributed by atoms with E-state index in [0.717, 1.165) is 39.0 Å². The second-order valence-electron chi connectivity index (χ2n) is 4.13. The third-order valence-electron chi connectivity index (χ3n) is 2.50. The molecule has 1 rings (SSSR count). The number of hydrogen-bond acceptors (Lipinski definition) is 2. The van der Waals surface area contributed by atoms with Crippen LogP contribution >= 0.6 is 0 Å². The molecule has 1 aliphatic heterocycles. The fourth-order valence-corrected chi connectivity index (χ4v) is 1.64. The first-order valence-corrected chi connectivity index (χ1v) is 5.28. The van der Waals surface area contributed by atoms with Crippen molar-refractivity contribution < 1.29 is 4.39 Å². The number of nitrogens with zero attached hydrogens (tertiary/aromatic N) is 1. The Hall–Kier alpha value is -0.150. The third kappa shape index (κ3) is 4.58. The summed E-state index contributed by atoms with van der Waals surface area (Å²) in [6, 6.07) is 0.554. The van der Waals surface area contributed by atoms with Gasteiger partial charge >= 0.3 is 0 Å². The lowest BCUT2D eigenvalue weighted by Crippen LogP contribution is -2.40. The van der Waals surface area contributed by atoms with Crippen molar-refractivity contribution in [2.45, 2.75) is 38.9 Å². The summed E-state index contributed by atoms with van der Waals surface area (Å²) in [7, 11) is 0. The van der Waals surface area contributed by atoms with E-state index in [4.69, 9.17) is 0 Å². The van der Waals surface area contributed by atoms with E-state index < -0.39 is 6.17 Å². The smallest absolute Gasteiger partial charge is 0.103 e. The average molecular weight is 188 g/mol. The van der Waals surface area contributed by atoms with Gasteiger partial charge in [-0.15, -0.1) is 0 Å². The number of rotatable bonds is 4. The van der Waals surface area contributed by atoms with Crippen LogP contribution in [0.1, 0.15) is 26.7 Å². The fourth-order valence-electron chi connectivity index (χ4n) is 1.64. The zero-order chi connectivity index (χ0) is 9.68. The van der Waals surface area contributed by atoms with Crippen molar-refractivity contribution in [3.63, 3.8) is 0 Å². The number of likely N-dealkylation sites (tertiary alicyclic amines) is 1. The molecule has 0 aromatic rings. The van der Waals surface area contributed by atoms with Crippen LogP contribution in [-0.2, 0) is 0 Å². The highest BCUT2D eigenvalue weighted by Crippen LogP contribution is 2.12. The Morgan fingerprint density at radius 3 is 2.54 bits per heavy atom. The molecule has 0 atom stereocenters.